The SMILES string of the molecule is CN(c1nc(-c2ccc(F)cc2)c(C#N)s1)c1c(C2CC2)nn2ccc(N3CC4(CN(C(=O)[C@H]5CCOC5)C4)C3)cc12. The van der Waals surface area contributed by atoms with Gasteiger partial charge in [-0.3, -0.25) is 4.79 Å². The van der Waals surface area contributed by atoms with E-state index in [-0.39, 0.29) is 23.1 Å². The number of anilines is 3. The summed E-state index contributed by atoms with van der Waals surface area (Å²) >= 11 is 1.33. The zero-order valence-corrected chi connectivity index (χ0v) is 24.1. The fraction of sp³-hybridized carbons (Fsp3) is 0.419. The van der Waals surface area contributed by atoms with Crippen molar-refractivity contribution in [2.45, 2.75) is 25.2 Å². The third kappa shape index (κ3) is 4.15. The van der Waals surface area contributed by atoms with Gasteiger partial charge in [-0.05, 0) is 55.7 Å². The number of rotatable bonds is 6. The summed E-state index contributed by atoms with van der Waals surface area (Å²) in [7, 11) is 1.98. The maximum atomic E-state index is 13.5. The topological polar surface area (TPSA) is 90.0 Å². The van der Waals surface area contributed by atoms with E-state index in [9.17, 15) is 14.4 Å². The number of hydrogen-bond donors (Lipinski definition) is 0. The van der Waals surface area contributed by atoms with Crippen LogP contribution in [0.1, 0.15) is 35.8 Å². The Morgan fingerprint density at radius 2 is 1.95 bits per heavy atom. The number of fused-ring (bicyclic) bond motifs is 1. The van der Waals surface area contributed by atoms with Gasteiger partial charge in [-0.25, -0.2) is 13.9 Å². The van der Waals surface area contributed by atoms with Crippen molar-refractivity contribution in [3.8, 4) is 17.3 Å². The van der Waals surface area contributed by atoms with Crippen LogP contribution in [0.15, 0.2) is 42.6 Å². The van der Waals surface area contributed by atoms with Gasteiger partial charge in [-0.1, -0.05) is 11.3 Å². The van der Waals surface area contributed by atoms with Crippen LogP contribution in [0, 0.1) is 28.5 Å². The number of carbonyl (C=O) groups excluding carboxylic acids is 1. The first kappa shape index (κ1) is 25.7. The summed E-state index contributed by atoms with van der Waals surface area (Å²) < 4.78 is 20.9. The Balaban J connectivity index is 1.06. The molecule has 1 aromatic carbocycles. The van der Waals surface area contributed by atoms with E-state index in [1.54, 1.807) is 12.1 Å². The molecule has 214 valence electrons. The standard InChI is InChI=1S/C31H30FN7O2S/c1-36(30-34-26(25(13-33)42-30)19-4-6-22(32)7-5-19)28-24-12-23(8-10-39(24)35-27(28)20-2-3-20)37-15-31(16-37)17-38(18-31)29(40)21-9-11-41-14-21/h4-8,10,12,20-21H,2-3,9,11,14-18H2,1H3/t21-/m0/s1. The van der Waals surface area contributed by atoms with E-state index in [2.05, 4.69) is 28.0 Å². The monoisotopic (exact) mass is 583 g/mol. The first-order chi connectivity index (χ1) is 20.4. The maximum Gasteiger partial charge on any atom is 0.228 e. The Labute approximate surface area is 246 Å². The maximum absolute atomic E-state index is 13.5. The van der Waals surface area contributed by atoms with Gasteiger partial charge in [0.1, 0.15) is 22.5 Å². The normalized spacial score (nSPS) is 20.9. The van der Waals surface area contributed by atoms with Gasteiger partial charge in [0, 0.05) is 68.6 Å². The van der Waals surface area contributed by atoms with Crippen molar-refractivity contribution in [1.29, 1.82) is 5.26 Å². The molecule has 0 radical (unpaired) electrons. The minimum Gasteiger partial charge on any atom is -0.381 e. The molecule has 4 aromatic rings. The smallest absolute Gasteiger partial charge is 0.228 e. The quantitative estimate of drug-likeness (QED) is 0.322. The average molecular weight is 584 g/mol. The highest BCUT2D eigenvalue weighted by Gasteiger charge is 2.54. The first-order valence-corrected chi connectivity index (χ1v) is 15.3. The number of hydrogen-bond acceptors (Lipinski definition) is 8. The molecule has 42 heavy (non-hydrogen) atoms. The van der Waals surface area contributed by atoms with Gasteiger partial charge in [0.25, 0.3) is 0 Å². The van der Waals surface area contributed by atoms with E-state index >= 15 is 0 Å². The largest absolute Gasteiger partial charge is 0.381 e. The highest BCUT2D eigenvalue weighted by atomic mass is 32.1. The van der Waals surface area contributed by atoms with E-state index in [1.165, 1.54) is 23.5 Å². The molecule has 9 nitrogen and oxygen atoms in total. The summed E-state index contributed by atoms with van der Waals surface area (Å²) in [5.74, 6) is 0.375. The summed E-state index contributed by atoms with van der Waals surface area (Å²) in [5.41, 5.74) is 5.67. The van der Waals surface area contributed by atoms with Crippen LogP contribution >= 0.6 is 11.3 Å². The second kappa shape index (κ2) is 9.51. The number of amides is 1. The Morgan fingerprint density at radius 3 is 2.64 bits per heavy atom. The predicted octanol–water partition coefficient (Wildman–Crippen LogP) is 4.80. The van der Waals surface area contributed by atoms with Gasteiger partial charge in [0.05, 0.1) is 29.4 Å². The van der Waals surface area contributed by atoms with Crippen molar-refractivity contribution in [3.05, 3.63) is 59.0 Å². The molecule has 8 rings (SSSR count). The molecule has 1 atom stereocenters. The van der Waals surface area contributed by atoms with Gasteiger partial charge >= 0.3 is 0 Å². The molecule has 1 amide bonds. The number of pyridine rings is 1. The fourth-order valence-electron chi connectivity index (χ4n) is 6.69. The molecule has 1 aliphatic carbocycles. The van der Waals surface area contributed by atoms with Crippen molar-refractivity contribution in [1.82, 2.24) is 19.5 Å². The van der Waals surface area contributed by atoms with E-state index in [1.807, 2.05) is 22.7 Å². The summed E-state index contributed by atoms with van der Waals surface area (Å²) in [6.07, 6.45) is 5.08. The molecule has 0 unspecified atom stereocenters. The number of benzene rings is 1. The second-order valence-corrected chi connectivity index (χ2v) is 13.2. The summed E-state index contributed by atoms with van der Waals surface area (Å²) in [6.45, 7) is 4.78. The molecule has 11 heteroatoms. The number of thiazole rings is 1. The third-order valence-electron chi connectivity index (χ3n) is 9.10. The minimum atomic E-state index is -0.323. The first-order valence-electron chi connectivity index (χ1n) is 14.5. The molecule has 1 saturated carbocycles. The summed E-state index contributed by atoms with van der Waals surface area (Å²) in [6, 6.07) is 12.7. The fourth-order valence-corrected chi connectivity index (χ4v) is 7.55. The Morgan fingerprint density at radius 1 is 1.17 bits per heavy atom. The summed E-state index contributed by atoms with van der Waals surface area (Å²) in [4.78, 5) is 24.5. The molecular weight excluding hydrogens is 553 g/mol. The molecule has 4 aliphatic rings. The lowest BCUT2D eigenvalue weighted by Crippen LogP contribution is -2.73. The van der Waals surface area contributed by atoms with Crippen LogP contribution in [0.25, 0.3) is 16.8 Å². The number of likely N-dealkylation sites (tertiary alicyclic amines) is 1. The van der Waals surface area contributed by atoms with Crippen LogP contribution < -0.4 is 9.80 Å². The summed E-state index contributed by atoms with van der Waals surface area (Å²) in [5, 5.41) is 15.5. The van der Waals surface area contributed by atoms with E-state index in [0.29, 0.717) is 40.4 Å². The lowest BCUT2D eigenvalue weighted by atomic mass is 9.72. The van der Waals surface area contributed by atoms with Crippen LogP contribution in [0.4, 0.5) is 20.9 Å². The average Bonchev–Trinajstić information content (AvgIpc) is 3.34. The number of carbonyl (C=O) groups is 1. The van der Waals surface area contributed by atoms with Crippen LogP contribution in [0.3, 0.4) is 0 Å². The molecule has 4 fully saturated rings. The van der Waals surface area contributed by atoms with Crippen LogP contribution in [-0.4, -0.2) is 71.8 Å². The molecular formula is C31H30FN7O2S. The molecule has 3 aliphatic heterocycles. The molecule has 0 bridgehead atoms. The zero-order chi connectivity index (χ0) is 28.6. The number of aromatic nitrogens is 3. The predicted molar refractivity (Wildman–Crippen MR) is 158 cm³/mol. The van der Waals surface area contributed by atoms with Gasteiger partial charge in [-0.2, -0.15) is 10.4 Å². The molecule has 3 aromatic heterocycles. The molecule has 6 heterocycles. The number of ether oxygens (including phenoxy) is 1. The minimum absolute atomic E-state index is 0.0349. The van der Waals surface area contributed by atoms with Crippen molar-refractivity contribution in [2.75, 3.05) is 56.2 Å². The van der Waals surface area contributed by atoms with Gasteiger partial charge in [0.2, 0.25) is 5.91 Å². The van der Waals surface area contributed by atoms with Crippen molar-refractivity contribution < 1.29 is 13.9 Å². The second-order valence-electron chi connectivity index (χ2n) is 12.2. The zero-order valence-electron chi connectivity index (χ0n) is 23.3. The molecule has 0 N–H and O–H groups in total. The van der Waals surface area contributed by atoms with Crippen molar-refractivity contribution in [2.24, 2.45) is 11.3 Å². The highest BCUT2D eigenvalue weighted by Crippen LogP contribution is 2.48. The third-order valence-corrected chi connectivity index (χ3v) is 10.1. The van der Waals surface area contributed by atoms with E-state index < -0.39 is 0 Å². The highest BCUT2D eigenvalue weighted by molar-refractivity contribution is 7.16. The number of halogens is 1. The van der Waals surface area contributed by atoms with Gasteiger partial charge in [0.15, 0.2) is 5.13 Å². The van der Waals surface area contributed by atoms with Crippen molar-refractivity contribution >= 4 is 39.3 Å². The van der Waals surface area contributed by atoms with E-state index in [4.69, 9.17) is 14.8 Å². The molecule has 3 saturated heterocycles. The van der Waals surface area contributed by atoms with Crippen LogP contribution in [0.2, 0.25) is 0 Å². The van der Waals surface area contributed by atoms with Gasteiger partial charge in [-0.15, -0.1) is 0 Å². The van der Waals surface area contributed by atoms with E-state index in [0.717, 1.165) is 68.0 Å². The lowest BCUT2D eigenvalue weighted by Gasteiger charge is -2.61. The lowest BCUT2D eigenvalue weighted by molar-refractivity contribution is -0.149. The number of nitrogens with zero attached hydrogens (tertiary/aromatic N) is 7. The Hall–Kier alpha value is -4.01. The number of nitriles is 1. The van der Waals surface area contributed by atoms with Crippen LogP contribution in [0.5, 0.6) is 0 Å². The van der Waals surface area contributed by atoms with Crippen molar-refractivity contribution in [3.63, 3.8) is 0 Å². The Bertz CT molecular complexity index is 1740. The van der Waals surface area contributed by atoms with Crippen LogP contribution in [-0.2, 0) is 9.53 Å². The van der Waals surface area contributed by atoms with Gasteiger partial charge < -0.3 is 19.4 Å². The Kier molecular flexibility index (Phi) is 5.81. The molecule has 1 spiro atoms.